The van der Waals surface area contributed by atoms with Crippen LogP contribution in [0, 0.1) is 11.6 Å². The third-order valence-electron chi connectivity index (χ3n) is 4.65. The summed E-state index contributed by atoms with van der Waals surface area (Å²) in [5.74, 6) is -0.261. The zero-order chi connectivity index (χ0) is 21.2. The topological polar surface area (TPSA) is 68.4 Å². The summed E-state index contributed by atoms with van der Waals surface area (Å²) in [6.07, 6.45) is 1.62. The maximum absolute atomic E-state index is 13.8. The van der Waals surface area contributed by atoms with E-state index in [1.807, 2.05) is 30.3 Å². The third kappa shape index (κ3) is 4.28. The Morgan fingerprint density at radius 2 is 1.84 bits per heavy atom. The van der Waals surface area contributed by atoms with E-state index in [-0.39, 0.29) is 17.0 Å². The van der Waals surface area contributed by atoms with E-state index in [4.69, 9.17) is 14.2 Å². The summed E-state index contributed by atoms with van der Waals surface area (Å²) in [5.41, 5.74) is 2.13. The summed E-state index contributed by atoms with van der Waals surface area (Å²) in [5, 5.41) is 3.01. The van der Waals surface area contributed by atoms with Crippen LogP contribution in [0.5, 0.6) is 5.75 Å². The Bertz CT molecular complexity index is 1240. The smallest absolute Gasteiger partial charge is 0.324 e. The molecule has 8 heteroatoms. The Labute approximate surface area is 176 Å². The molecule has 3 aromatic carbocycles. The van der Waals surface area contributed by atoms with Crippen LogP contribution in [0.3, 0.4) is 0 Å². The Kier molecular flexibility index (Phi) is 4.87. The number of rotatable bonds is 6. The SMILES string of the molecule is Fc1cc(F)c2nc(Nc3ccc(OC4=COC(Cc5ccccc5)O4)cc3)[nH]c2c1. The lowest BCUT2D eigenvalue weighted by atomic mass is 10.1. The largest absolute Gasteiger partial charge is 0.455 e. The molecule has 0 saturated carbocycles. The van der Waals surface area contributed by atoms with Gasteiger partial charge in [-0.3, -0.25) is 0 Å². The molecule has 1 aliphatic rings. The van der Waals surface area contributed by atoms with E-state index in [1.54, 1.807) is 24.3 Å². The normalized spacial score (nSPS) is 15.3. The number of nitrogens with one attached hydrogen (secondary N) is 2. The molecule has 6 nitrogen and oxygen atoms in total. The molecule has 0 fully saturated rings. The number of ether oxygens (including phenoxy) is 3. The summed E-state index contributed by atoms with van der Waals surface area (Å²) in [7, 11) is 0. The van der Waals surface area contributed by atoms with Crippen molar-refractivity contribution >= 4 is 22.7 Å². The van der Waals surface area contributed by atoms with Crippen LogP contribution in [0.4, 0.5) is 20.4 Å². The number of benzene rings is 3. The maximum atomic E-state index is 13.8. The predicted molar refractivity (Wildman–Crippen MR) is 111 cm³/mol. The number of fused-ring (bicyclic) bond motifs is 1. The third-order valence-corrected chi connectivity index (χ3v) is 4.65. The molecule has 2 N–H and O–H groups in total. The van der Waals surface area contributed by atoms with E-state index in [0.29, 0.717) is 23.8 Å². The number of aromatic nitrogens is 2. The van der Waals surface area contributed by atoms with Gasteiger partial charge in [0.1, 0.15) is 17.1 Å². The monoisotopic (exact) mass is 421 g/mol. The van der Waals surface area contributed by atoms with Crippen LogP contribution in [0.1, 0.15) is 5.56 Å². The van der Waals surface area contributed by atoms with Crippen molar-refractivity contribution in [3.63, 3.8) is 0 Å². The van der Waals surface area contributed by atoms with Crippen LogP contribution in [0.15, 0.2) is 78.9 Å². The average Bonchev–Trinajstić information content (AvgIpc) is 3.37. The average molecular weight is 421 g/mol. The van der Waals surface area contributed by atoms with Gasteiger partial charge in [-0.05, 0) is 35.9 Å². The Morgan fingerprint density at radius 1 is 1.03 bits per heavy atom. The number of imidazole rings is 1. The van der Waals surface area contributed by atoms with E-state index >= 15 is 0 Å². The molecule has 1 unspecified atom stereocenters. The van der Waals surface area contributed by atoms with Gasteiger partial charge in [-0.1, -0.05) is 30.3 Å². The van der Waals surface area contributed by atoms with Crippen LogP contribution >= 0.6 is 0 Å². The van der Waals surface area contributed by atoms with Crippen molar-refractivity contribution in [2.75, 3.05) is 5.32 Å². The molecule has 2 heterocycles. The number of hydrogen-bond acceptors (Lipinski definition) is 5. The highest BCUT2D eigenvalue weighted by atomic mass is 19.1. The minimum atomic E-state index is -0.722. The highest BCUT2D eigenvalue weighted by molar-refractivity contribution is 5.79. The highest BCUT2D eigenvalue weighted by Gasteiger charge is 2.21. The number of aromatic amines is 1. The van der Waals surface area contributed by atoms with Crippen LogP contribution < -0.4 is 10.1 Å². The molecule has 1 atom stereocenters. The van der Waals surface area contributed by atoms with E-state index < -0.39 is 17.9 Å². The molecule has 31 heavy (non-hydrogen) atoms. The van der Waals surface area contributed by atoms with Gasteiger partial charge in [0.25, 0.3) is 0 Å². The summed E-state index contributed by atoms with van der Waals surface area (Å²) in [6.45, 7) is 0. The molecule has 0 saturated heterocycles. The van der Waals surface area contributed by atoms with Gasteiger partial charge >= 0.3 is 5.95 Å². The number of halogens is 2. The van der Waals surface area contributed by atoms with Crippen molar-refractivity contribution in [3.8, 4) is 5.75 Å². The Hall–Kier alpha value is -4.07. The van der Waals surface area contributed by atoms with Crippen molar-refractivity contribution in [2.24, 2.45) is 0 Å². The van der Waals surface area contributed by atoms with E-state index in [2.05, 4.69) is 15.3 Å². The first-order valence-corrected chi connectivity index (χ1v) is 9.58. The second-order valence-electron chi connectivity index (χ2n) is 6.93. The van der Waals surface area contributed by atoms with Crippen LogP contribution in [-0.2, 0) is 15.9 Å². The van der Waals surface area contributed by atoms with Crippen LogP contribution in [0.25, 0.3) is 11.0 Å². The predicted octanol–water partition coefficient (Wildman–Crippen LogP) is 5.38. The number of nitrogens with zero attached hydrogens (tertiary/aromatic N) is 1. The molecule has 0 spiro atoms. The van der Waals surface area contributed by atoms with E-state index in [1.165, 1.54) is 12.3 Å². The van der Waals surface area contributed by atoms with Gasteiger partial charge in [0, 0.05) is 18.2 Å². The zero-order valence-corrected chi connectivity index (χ0v) is 16.1. The van der Waals surface area contributed by atoms with Crippen molar-refractivity contribution in [1.82, 2.24) is 9.97 Å². The van der Waals surface area contributed by atoms with Gasteiger partial charge in [-0.25, -0.2) is 13.8 Å². The first-order chi connectivity index (χ1) is 15.1. The van der Waals surface area contributed by atoms with Gasteiger partial charge in [-0.15, -0.1) is 0 Å². The van der Waals surface area contributed by atoms with E-state index in [0.717, 1.165) is 11.6 Å². The summed E-state index contributed by atoms with van der Waals surface area (Å²) >= 11 is 0. The summed E-state index contributed by atoms with van der Waals surface area (Å²) < 4.78 is 44.0. The minimum absolute atomic E-state index is 0.0687. The van der Waals surface area contributed by atoms with Crippen molar-refractivity contribution in [1.29, 1.82) is 0 Å². The van der Waals surface area contributed by atoms with Gasteiger partial charge in [0.15, 0.2) is 12.1 Å². The lowest BCUT2D eigenvalue weighted by Crippen LogP contribution is -2.13. The standard InChI is InChI=1S/C23H17F2N3O3/c24-15-11-18(25)22-19(12-15)27-23(28-22)26-16-6-8-17(9-7-16)30-21-13-29-20(31-21)10-14-4-2-1-3-5-14/h1-9,11-13,20H,10H2,(H2,26,27,28). The lowest BCUT2D eigenvalue weighted by molar-refractivity contribution is -0.0519. The van der Waals surface area contributed by atoms with Gasteiger partial charge in [0.2, 0.25) is 12.2 Å². The minimum Gasteiger partial charge on any atom is -0.455 e. The molecule has 0 aliphatic carbocycles. The van der Waals surface area contributed by atoms with Crippen molar-refractivity contribution in [2.45, 2.75) is 12.7 Å². The second kappa shape index (κ2) is 7.98. The summed E-state index contributed by atoms with van der Waals surface area (Å²) in [4.78, 5) is 6.96. The van der Waals surface area contributed by atoms with E-state index in [9.17, 15) is 8.78 Å². The molecule has 5 rings (SSSR count). The molecule has 0 amide bonds. The van der Waals surface area contributed by atoms with Gasteiger partial charge in [0.05, 0.1) is 5.52 Å². The fraction of sp³-hybridized carbons (Fsp3) is 0.0870. The molecule has 1 aliphatic heterocycles. The molecule has 4 aromatic rings. The Balaban J connectivity index is 1.19. The Morgan fingerprint density at radius 3 is 2.65 bits per heavy atom. The number of hydrogen-bond donors (Lipinski definition) is 2. The molecular formula is C23H17F2N3O3. The lowest BCUT2D eigenvalue weighted by Gasteiger charge is -2.12. The molecule has 0 bridgehead atoms. The quantitative estimate of drug-likeness (QED) is 0.438. The van der Waals surface area contributed by atoms with Crippen molar-refractivity contribution < 1.29 is 23.0 Å². The first kappa shape index (κ1) is 18.9. The maximum Gasteiger partial charge on any atom is 0.324 e. The van der Waals surface area contributed by atoms with Crippen LogP contribution in [-0.4, -0.2) is 16.3 Å². The molecular weight excluding hydrogens is 404 g/mol. The number of H-pyrrole nitrogens is 1. The molecule has 156 valence electrons. The van der Waals surface area contributed by atoms with Gasteiger partial charge in [-0.2, -0.15) is 0 Å². The summed E-state index contributed by atoms with van der Waals surface area (Å²) in [6, 6.07) is 18.9. The van der Waals surface area contributed by atoms with Crippen LogP contribution in [0.2, 0.25) is 0 Å². The first-order valence-electron chi connectivity index (χ1n) is 9.58. The molecule has 0 radical (unpaired) electrons. The van der Waals surface area contributed by atoms with Crippen molar-refractivity contribution in [3.05, 3.63) is 96.1 Å². The molecule has 1 aromatic heterocycles. The fourth-order valence-corrected chi connectivity index (χ4v) is 3.22. The van der Waals surface area contributed by atoms with Gasteiger partial charge < -0.3 is 24.5 Å². The number of anilines is 2. The fourth-order valence-electron chi connectivity index (χ4n) is 3.22. The second-order valence-corrected chi connectivity index (χ2v) is 6.93. The highest BCUT2D eigenvalue weighted by Crippen LogP contribution is 2.25. The zero-order valence-electron chi connectivity index (χ0n) is 16.1.